The normalized spacial score (nSPS) is 12.0. The molecule has 0 unspecified atom stereocenters. The van der Waals surface area contributed by atoms with Crippen molar-refractivity contribution in [1.29, 1.82) is 0 Å². The predicted molar refractivity (Wildman–Crippen MR) is 191 cm³/mol. The van der Waals surface area contributed by atoms with Gasteiger partial charge < -0.3 is 15.0 Å². The largest absolute Gasteiger partial charge is 0.354 e. The molecule has 3 N–H and O–H groups in total. The zero-order chi connectivity index (χ0) is 29.5. The highest BCUT2D eigenvalue weighted by atomic mass is 14.7. The monoisotopic (exact) mass is 573 g/mol. The Bertz CT molecular complexity index is 2760. The molecule has 3 heteroatoms. The third-order valence-corrected chi connectivity index (χ3v) is 9.50. The van der Waals surface area contributed by atoms with Gasteiger partial charge in [-0.25, -0.2) is 0 Å². The molecule has 0 aliphatic heterocycles. The molecule has 0 fully saturated rings. The van der Waals surface area contributed by atoms with Crippen LogP contribution in [0.25, 0.3) is 98.8 Å². The predicted octanol–water partition coefficient (Wildman–Crippen LogP) is 11.6. The van der Waals surface area contributed by atoms with Crippen molar-refractivity contribution in [2.24, 2.45) is 0 Å². The third-order valence-electron chi connectivity index (χ3n) is 9.50. The van der Waals surface area contributed by atoms with Crippen LogP contribution in [0.5, 0.6) is 0 Å². The minimum atomic E-state index is 1.13. The smallest absolute Gasteiger partial charge is 0.0544 e. The van der Waals surface area contributed by atoms with E-state index in [-0.39, 0.29) is 0 Å². The van der Waals surface area contributed by atoms with E-state index in [1.165, 1.54) is 76.7 Å². The van der Waals surface area contributed by atoms with E-state index in [2.05, 4.69) is 161 Å². The second-order valence-corrected chi connectivity index (χ2v) is 12.0. The van der Waals surface area contributed by atoms with E-state index in [1.807, 2.05) is 0 Å². The van der Waals surface area contributed by atoms with Gasteiger partial charge in [0.15, 0.2) is 0 Å². The van der Waals surface area contributed by atoms with Crippen LogP contribution < -0.4 is 0 Å². The number of hydrogen-bond donors (Lipinski definition) is 3. The van der Waals surface area contributed by atoms with Crippen molar-refractivity contribution in [3.05, 3.63) is 146 Å². The van der Waals surface area contributed by atoms with Gasteiger partial charge in [-0.05, 0) is 53.1 Å². The zero-order valence-corrected chi connectivity index (χ0v) is 24.4. The molecular formula is C42H27N3. The lowest BCUT2D eigenvalue weighted by Gasteiger charge is -2.10. The van der Waals surface area contributed by atoms with Crippen molar-refractivity contribution in [2.45, 2.75) is 0 Å². The topological polar surface area (TPSA) is 47.4 Å². The van der Waals surface area contributed by atoms with Gasteiger partial charge in [0, 0.05) is 65.6 Å². The van der Waals surface area contributed by atoms with Crippen molar-refractivity contribution in [3.8, 4) is 33.4 Å². The molecular weight excluding hydrogens is 546 g/mol. The van der Waals surface area contributed by atoms with Crippen LogP contribution in [0.3, 0.4) is 0 Å². The lowest BCUT2D eigenvalue weighted by atomic mass is 9.94. The molecule has 3 aromatic heterocycles. The lowest BCUT2D eigenvalue weighted by molar-refractivity contribution is 1.52. The van der Waals surface area contributed by atoms with Crippen LogP contribution in [-0.4, -0.2) is 15.0 Å². The average Bonchev–Trinajstić information content (AvgIpc) is 3.79. The number of nitrogens with one attached hydrogen (secondary N) is 3. The van der Waals surface area contributed by atoms with Gasteiger partial charge >= 0.3 is 0 Å². The molecule has 10 aromatic rings. The average molecular weight is 574 g/mol. The molecule has 0 saturated carbocycles. The summed E-state index contributed by atoms with van der Waals surface area (Å²) in [6.07, 6.45) is 0. The summed E-state index contributed by atoms with van der Waals surface area (Å²) in [5.74, 6) is 0. The van der Waals surface area contributed by atoms with Crippen LogP contribution >= 0.6 is 0 Å². The summed E-state index contributed by atoms with van der Waals surface area (Å²) in [5, 5.41) is 7.45. The SMILES string of the molecule is c1ccc(-c2cc(-c3cccc4c3[nH]c3ccccc34)cc3c2[nH]c2ccc(-c4cccc5c4[nH]c4ccccc45)cc23)cc1. The maximum Gasteiger partial charge on any atom is 0.0544 e. The minimum absolute atomic E-state index is 1.13. The molecule has 45 heavy (non-hydrogen) atoms. The molecule has 0 bridgehead atoms. The molecule has 0 radical (unpaired) electrons. The number of hydrogen-bond acceptors (Lipinski definition) is 0. The molecule has 3 heterocycles. The Hall–Kier alpha value is -6.06. The fraction of sp³-hybridized carbons (Fsp3) is 0. The van der Waals surface area contributed by atoms with Gasteiger partial charge in [0.1, 0.15) is 0 Å². The van der Waals surface area contributed by atoms with E-state index in [9.17, 15) is 0 Å². The van der Waals surface area contributed by atoms with Gasteiger partial charge in [-0.15, -0.1) is 0 Å². The molecule has 3 nitrogen and oxygen atoms in total. The fourth-order valence-corrected chi connectivity index (χ4v) is 7.40. The van der Waals surface area contributed by atoms with Gasteiger partial charge in [-0.3, -0.25) is 0 Å². The Labute approximate surface area is 258 Å². The van der Waals surface area contributed by atoms with E-state index >= 15 is 0 Å². The van der Waals surface area contributed by atoms with Crippen molar-refractivity contribution < 1.29 is 0 Å². The minimum Gasteiger partial charge on any atom is -0.354 e. The van der Waals surface area contributed by atoms with Crippen molar-refractivity contribution in [2.75, 3.05) is 0 Å². The molecule has 10 rings (SSSR count). The second-order valence-electron chi connectivity index (χ2n) is 12.0. The first kappa shape index (κ1) is 24.4. The van der Waals surface area contributed by atoms with Crippen molar-refractivity contribution in [3.63, 3.8) is 0 Å². The van der Waals surface area contributed by atoms with Crippen LogP contribution in [-0.2, 0) is 0 Å². The maximum absolute atomic E-state index is 3.80. The Morgan fingerprint density at radius 1 is 0.267 bits per heavy atom. The van der Waals surface area contributed by atoms with E-state index in [0.29, 0.717) is 0 Å². The zero-order valence-electron chi connectivity index (χ0n) is 24.4. The van der Waals surface area contributed by atoms with Crippen LogP contribution in [0.2, 0.25) is 0 Å². The van der Waals surface area contributed by atoms with Crippen LogP contribution in [0.1, 0.15) is 0 Å². The van der Waals surface area contributed by atoms with Gasteiger partial charge in [-0.1, -0.05) is 109 Å². The summed E-state index contributed by atoms with van der Waals surface area (Å²) in [7, 11) is 0. The summed E-state index contributed by atoms with van der Waals surface area (Å²) in [4.78, 5) is 11.2. The van der Waals surface area contributed by atoms with Gasteiger partial charge in [0.25, 0.3) is 0 Å². The first-order valence-corrected chi connectivity index (χ1v) is 15.4. The Morgan fingerprint density at radius 3 is 1.44 bits per heavy atom. The number of fused-ring (bicyclic) bond motifs is 9. The fourth-order valence-electron chi connectivity index (χ4n) is 7.40. The number of para-hydroxylation sites is 4. The number of benzene rings is 7. The molecule has 210 valence electrons. The summed E-state index contributed by atoms with van der Waals surface area (Å²) in [5.41, 5.74) is 14.2. The molecule has 0 saturated heterocycles. The van der Waals surface area contributed by atoms with Gasteiger partial charge in [-0.2, -0.15) is 0 Å². The van der Waals surface area contributed by atoms with E-state index < -0.39 is 0 Å². The number of rotatable bonds is 3. The lowest BCUT2D eigenvalue weighted by Crippen LogP contribution is -1.86. The van der Waals surface area contributed by atoms with Crippen LogP contribution in [0.4, 0.5) is 0 Å². The highest BCUT2D eigenvalue weighted by Crippen LogP contribution is 2.42. The number of H-pyrrole nitrogens is 3. The van der Waals surface area contributed by atoms with Crippen molar-refractivity contribution in [1.82, 2.24) is 15.0 Å². The summed E-state index contributed by atoms with van der Waals surface area (Å²) < 4.78 is 0. The highest BCUT2D eigenvalue weighted by Gasteiger charge is 2.17. The number of aromatic nitrogens is 3. The molecule has 0 aliphatic carbocycles. The Morgan fingerprint density at radius 2 is 0.778 bits per heavy atom. The number of aromatic amines is 3. The van der Waals surface area contributed by atoms with E-state index in [0.717, 1.165) is 22.1 Å². The van der Waals surface area contributed by atoms with Crippen LogP contribution in [0, 0.1) is 0 Å². The van der Waals surface area contributed by atoms with Gasteiger partial charge in [0.05, 0.1) is 16.6 Å². The maximum atomic E-state index is 3.80. The van der Waals surface area contributed by atoms with Crippen LogP contribution in [0.15, 0.2) is 146 Å². The second kappa shape index (κ2) is 9.22. The van der Waals surface area contributed by atoms with E-state index in [4.69, 9.17) is 0 Å². The summed E-state index contributed by atoms with van der Waals surface area (Å²) in [6, 6.07) is 52.6. The highest BCUT2D eigenvalue weighted by molar-refractivity contribution is 6.18. The molecule has 0 amide bonds. The Balaban J connectivity index is 1.26. The molecule has 0 aliphatic rings. The molecule has 0 spiro atoms. The summed E-state index contributed by atoms with van der Waals surface area (Å²) >= 11 is 0. The van der Waals surface area contributed by atoms with E-state index in [1.54, 1.807) is 0 Å². The van der Waals surface area contributed by atoms with Gasteiger partial charge in [0.2, 0.25) is 0 Å². The first-order valence-electron chi connectivity index (χ1n) is 15.4. The first-order chi connectivity index (χ1) is 22.3. The third kappa shape index (κ3) is 3.58. The standard InChI is InChI=1S/C42H27N3/c1-2-10-25(11-3-1)34-23-27(29-15-9-17-33-31-13-5-7-19-38(31)44-41(29)33)24-36-35-22-26(20-21-39(35)45-42(34)36)28-14-8-16-32-30-12-4-6-18-37(30)43-40(28)32/h1-24,43-45H. The molecule has 0 atom stereocenters. The molecule has 7 aromatic carbocycles. The summed E-state index contributed by atoms with van der Waals surface area (Å²) in [6.45, 7) is 0. The Kier molecular flexibility index (Phi) is 5.00. The van der Waals surface area contributed by atoms with Crippen molar-refractivity contribution >= 4 is 65.4 Å². The quantitative estimate of drug-likeness (QED) is 0.188.